The minimum atomic E-state index is -0.136. The number of Topliss-reactive ketones (excluding diaryl/α,β-unsaturated/α-hetero) is 1. The Morgan fingerprint density at radius 3 is 2.05 bits per heavy atom. The number of hydrogen-bond donors (Lipinski definition) is 0. The van der Waals surface area contributed by atoms with Crippen molar-refractivity contribution in [3.8, 4) is 45.8 Å². The summed E-state index contributed by atoms with van der Waals surface area (Å²) in [6, 6.07) is 27.8. The van der Waals surface area contributed by atoms with Gasteiger partial charge in [-0.3, -0.25) is 9.36 Å². The van der Waals surface area contributed by atoms with Gasteiger partial charge in [-0.15, -0.1) is 10.2 Å². The summed E-state index contributed by atoms with van der Waals surface area (Å²) < 4.78 is 24.1. The van der Waals surface area contributed by atoms with Gasteiger partial charge in [0.2, 0.25) is 5.75 Å². The molecule has 5 aromatic rings. The molecule has 41 heavy (non-hydrogen) atoms. The van der Waals surface area contributed by atoms with Crippen LogP contribution in [0.3, 0.4) is 0 Å². The van der Waals surface area contributed by atoms with Crippen molar-refractivity contribution >= 4 is 29.1 Å². The number of carbonyl (C=O) groups excluding carboxylic acids is 1. The largest absolute Gasteiger partial charge is 0.493 e. The van der Waals surface area contributed by atoms with Gasteiger partial charge in [0, 0.05) is 21.8 Å². The molecule has 10 heteroatoms. The number of ketones is 1. The molecule has 0 saturated carbocycles. The Kier molecular flexibility index (Phi) is 8.76. The zero-order valence-corrected chi connectivity index (χ0v) is 24.1. The first kappa shape index (κ1) is 28.1. The lowest BCUT2D eigenvalue weighted by molar-refractivity contribution is 0.102. The van der Waals surface area contributed by atoms with Crippen LogP contribution < -0.4 is 18.9 Å². The molecule has 0 atom stereocenters. The quantitative estimate of drug-likeness (QED) is 0.117. The molecule has 0 bridgehead atoms. The van der Waals surface area contributed by atoms with Crippen LogP contribution in [-0.4, -0.2) is 47.6 Å². The second-order valence-corrected chi connectivity index (χ2v) is 10.1. The molecular formula is C31H26ClN3O5S. The van der Waals surface area contributed by atoms with E-state index in [-0.39, 0.29) is 11.5 Å². The predicted molar refractivity (Wildman–Crippen MR) is 159 cm³/mol. The first-order valence-corrected chi connectivity index (χ1v) is 13.9. The van der Waals surface area contributed by atoms with Gasteiger partial charge in [0.1, 0.15) is 11.5 Å². The van der Waals surface area contributed by atoms with E-state index in [1.807, 2.05) is 71.3 Å². The highest BCUT2D eigenvalue weighted by Crippen LogP contribution is 2.39. The van der Waals surface area contributed by atoms with E-state index < -0.39 is 0 Å². The Morgan fingerprint density at radius 2 is 1.44 bits per heavy atom. The molecule has 0 aliphatic rings. The van der Waals surface area contributed by atoms with E-state index in [9.17, 15) is 4.79 Å². The van der Waals surface area contributed by atoms with E-state index in [2.05, 4.69) is 10.2 Å². The summed E-state index contributed by atoms with van der Waals surface area (Å²) >= 11 is 7.40. The summed E-state index contributed by atoms with van der Waals surface area (Å²) in [5.74, 6) is 3.25. The third kappa shape index (κ3) is 6.32. The molecule has 0 radical (unpaired) electrons. The molecule has 0 fully saturated rings. The topological polar surface area (TPSA) is 84.7 Å². The van der Waals surface area contributed by atoms with E-state index in [4.69, 9.17) is 30.5 Å². The van der Waals surface area contributed by atoms with Crippen molar-refractivity contribution in [1.82, 2.24) is 14.8 Å². The highest BCUT2D eigenvalue weighted by atomic mass is 35.5. The average molecular weight is 588 g/mol. The monoisotopic (exact) mass is 587 g/mol. The Labute approximate surface area is 246 Å². The van der Waals surface area contributed by atoms with Crippen LogP contribution in [0.5, 0.6) is 28.7 Å². The number of aromatic nitrogens is 3. The van der Waals surface area contributed by atoms with E-state index in [0.717, 1.165) is 17.0 Å². The highest BCUT2D eigenvalue weighted by Gasteiger charge is 2.20. The molecule has 0 spiro atoms. The molecule has 208 valence electrons. The molecule has 4 aromatic carbocycles. The third-order valence-corrected chi connectivity index (χ3v) is 7.31. The summed E-state index contributed by atoms with van der Waals surface area (Å²) in [5, 5.41) is 10.1. The van der Waals surface area contributed by atoms with Gasteiger partial charge in [-0.2, -0.15) is 0 Å². The molecular weight excluding hydrogens is 562 g/mol. The fourth-order valence-electron chi connectivity index (χ4n) is 4.13. The van der Waals surface area contributed by atoms with Gasteiger partial charge >= 0.3 is 0 Å². The second-order valence-electron chi connectivity index (χ2n) is 8.68. The Balaban J connectivity index is 1.44. The minimum absolute atomic E-state index is 0.104. The maximum Gasteiger partial charge on any atom is 0.203 e. The van der Waals surface area contributed by atoms with Crippen LogP contribution in [0.2, 0.25) is 5.02 Å². The van der Waals surface area contributed by atoms with Crippen LogP contribution in [0, 0.1) is 0 Å². The van der Waals surface area contributed by atoms with Crippen molar-refractivity contribution in [2.75, 3.05) is 27.1 Å². The van der Waals surface area contributed by atoms with Crippen LogP contribution in [0.15, 0.2) is 96.2 Å². The molecule has 0 N–H and O–H groups in total. The first-order valence-electron chi connectivity index (χ1n) is 12.5. The number of carbonyl (C=O) groups is 1. The normalized spacial score (nSPS) is 10.7. The van der Waals surface area contributed by atoms with E-state index in [0.29, 0.717) is 44.6 Å². The Bertz CT molecular complexity index is 1620. The lowest BCUT2D eigenvalue weighted by Crippen LogP contribution is -2.06. The first-order chi connectivity index (χ1) is 20.0. The number of para-hydroxylation sites is 1. The van der Waals surface area contributed by atoms with Crippen LogP contribution in [-0.2, 0) is 0 Å². The fraction of sp³-hybridized carbons (Fsp3) is 0.129. The highest BCUT2D eigenvalue weighted by molar-refractivity contribution is 7.99. The van der Waals surface area contributed by atoms with Crippen LogP contribution in [0.25, 0.3) is 17.1 Å². The number of rotatable bonds is 11. The van der Waals surface area contributed by atoms with Gasteiger partial charge in [-0.1, -0.05) is 41.6 Å². The summed E-state index contributed by atoms with van der Waals surface area (Å²) in [6.07, 6.45) is 0. The number of nitrogens with zero attached hydrogens (tertiary/aromatic N) is 3. The van der Waals surface area contributed by atoms with Crippen molar-refractivity contribution in [3.63, 3.8) is 0 Å². The number of benzene rings is 4. The third-order valence-electron chi connectivity index (χ3n) is 6.13. The van der Waals surface area contributed by atoms with E-state index in [1.54, 1.807) is 24.3 Å². The second kappa shape index (κ2) is 12.8. The Morgan fingerprint density at radius 1 is 0.805 bits per heavy atom. The molecule has 0 unspecified atom stereocenters. The van der Waals surface area contributed by atoms with Gasteiger partial charge in [0.25, 0.3) is 0 Å². The Hall–Kier alpha value is -4.47. The van der Waals surface area contributed by atoms with Crippen LogP contribution in [0.4, 0.5) is 0 Å². The zero-order chi connectivity index (χ0) is 28.8. The van der Waals surface area contributed by atoms with E-state index >= 15 is 0 Å². The van der Waals surface area contributed by atoms with Gasteiger partial charge in [0.15, 0.2) is 28.3 Å². The number of thioether (sulfide) groups is 1. The molecule has 0 aliphatic heterocycles. The van der Waals surface area contributed by atoms with Crippen LogP contribution in [0.1, 0.15) is 10.4 Å². The number of methoxy groups -OCH3 is 3. The molecule has 8 nitrogen and oxygen atoms in total. The smallest absolute Gasteiger partial charge is 0.203 e. The maximum absolute atomic E-state index is 13.3. The predicted octanol–water partition coefficient (Wildman–Crippen LogP) is 7.38. The number of ether oxygens (including phenoxy) is 4. The fourth-order valence-corrected chi connectivity index (χ4v) is 5.10. The van der Waals surface area contributed by atoms with Crippen LogP contribution >= 0.6 is 23.4 Å². The summed E-state index contributed by atoms with van der Waals surface area (Å²) in [5.41, 5.74) is 2.07. The van der Waals surface area contributed by atoms with Crippen molar-refractivity contribution in [2.24, 2.45) is 0 Å². The molecule has 0 aliphatic carbocycles. The van der Waals surface area contributed by atoms with Gasteiger partial charge in [0.05, 0.1) is 27.1 Å². The number of hydrogen-bond acceptors (Lipinski definition) is 8. The van der Waals surface area contributed by atoms with Gasteiger partial charge in [-0.25, -0.2) is 0 Å². The van der Waals surface area contributed by atoms with Crippen molar-refractivity contribution < 1.29 is 23.7 Å². The average Bonchev–Trinajstić information content (AvgIpc) is 3.44. The molecule has 0 saturated heterocycles. The zero-order valence-electron chi connectivity index (χ0n) is 22.5. The van der Waals surface area contributed by atoms with Gasteiger partial charge in [-0.05, 0) is 72.8 Å². The van der Waals surface area contributed by atoms with E-state index in [1.165, 1.54) is 33.1 Å². The minimum Gasteiger partial charge on any atom is -0.493 e. The SMILES string of the molecule is COc1cc(C(=O)CSc2nnc(-c3ccc(Cl)cc3)n2-c2ccc(Oc3ccccc3)cc2)cc(OC)c1OC. The number of halogens is 1. The maximum atomic E-state index is 13.3. The van der Waals surface area contributed by atoms with Crippen molar-refractivity contribution in [1.29, 1.82) is 0 Å². The molecule has 0 amide bonds. The molecule has 1 heterocycles. The summed E-state index contributed by atoms with van der Waals surface area (Å²) in [6.45, 7) is 0. The summed E-state index contributed by atoms with van der Waals surface area (Å²) in [4.78, 5) is 13.3. The molecule has 1 aromatic heterocycles. The lowest BCUT2D eigenvalue weighted by Gasteiger charge is -2.14. The molecule has 5 rings (SSSR count). The van der Waals surface area contributed by atoms with Crippen molar-refractivity contribution in [3.05, 3.63) is 102 Å². The van der Waals surface area contributed by atoms with Crippen molar-refractivity contribution in [2.45, 2.75) is 5.16 Å². The standard InChI is InChI=1S/C31H26ClN3O5S/c1-37-27-17-21(18-28(38-2)29(27)39-3)26(36)19-41-31-34-33-30(20-9-11-22(32)12-10-20)35(31)23-13-15-25(16-14-23)40-24-7-5-4-6-8-24/h4-18H,19H2,1-3H3. The van der Waals surface area contributed by atoms with Gasteiger partial charge < -0.3 is 18.9 Å². The summed E-state index contributed by atoms with van der Waals surface area (Å²) in [7, 11) is 4.54. The lowest BCUT2D eigenvalue weighted by atomic mass is 10.1.